The first-order valence-electron chi connectivity index (χ1n) is 10.2. The molecule has 4 rings (SSSR count). The zero-order valence-corrected chi connectivity index (χ0v) is 18.0. The number of ether oxygens (including phenoxy) is 1. The molecule has 2 saturated carbocycles. The van der Waals surface area contributed by atoms with Crippen LogP contribution in [0.1, 0.15) is 25.7 Å². The number of fused-ring (bicyclic) bond motifs is 2. The van der Waals surface area contributed by atoms with E-state index in [-0.39, 0.29) is 30.6 Å². The molecular weight excluding hydrogens is 402 g/mol. The highest BCUT2D eigenvalue weighted by Crippen LogP contribution is 2.48. The Morgan fingerprint density at radius 2 is 1.75 bits per heavy atom. The third-order valence-electron chi connectivity index (χ3n) is 6.56. The summed E-state index contributed by atoms with van der Waals surface area (Å²) in [6.07, 6.45) is 5.15. The van der Waals surface area contributed by atoms with Crippen molar-refractivity contribution < 1.29 is 14.2 Å². The van der Waals surface area contributed by atoms with Crippen molar-refractivity contribution in [1.29, 1.82) is 0 Å². The molecule has 2 bridgehead atoms. The van der Waals surface area contributed by atoms with E-state index in [4.69, 9.17) is 4.74 Å². The van der Waals surface area contributed by atoms with Gasteiger partial charge in [-0.3, -0.25) is 4.90 Å². The number of halogens is 3. The van der Waals surface area contributed by atoms with Gasteiger partial charge >= 0.3 is 0 Å². The molecule has 4 nitrogen and oxygen atoms in total. The maximum absolute atomic E-state index is 13.0. The lowest BCUT2D eigenvalue weighted by Crippen LogP contribution is -2.49. The third kappa shape index (κ3) is 5.96. The van der Waals surface area contributed by atoms with E-state index in [2.05, 4.69) is 9.80 Å². The molecule has 1 aromatic carbocycles. The summed E-state index contributed by atoms with van der Waals surface area (Å²) in [6.45, 7) is 5.60. The fraction of sp³-hybridized carbons (Fsp3) is 0.714. The molecule has 1 saturated heterocycles. The van der Waals surface area contributed by atoms with Crippen LogP contribution < -0.4 is 4.90 Å². The highest BCUT2D eigenvalue weighted by Gasteiger charge is 2.39. The van der Waals surface area contributed by atoms with Crippen LogP contribution in [0.25, 0.3) is 0 Å². The zero-order valence-electron chi connectivity index (χ0n) is 16.3. The second-order valence-electron chi connectivity index (χ2n) is 8.39. The summed E-state index contributed by atoms with van der Waals surface area (Å²) in [7, 11) is 0. The van der Waals surface area contributed by atoms with Crippen LogP contribution in [0.15, 0.2) is 24.3 Å². The first-order chi connectivity index (χ1) is 12.7. The Labute approximate surface area is 180 Å². The van der Waals surface area contributed by atoms with E-state index >= 15 is 0 Å². The first kappa shape index (κ1) is 23.7. The molecule has 7 heteroatoms. The molecule has 1 aliphatic heterocycles. The monoisotopic (exact) mass is 434 g/mol. The van der Waals surface area contributed by atoms with Gasteiger partial charge in [0.25, 0.3) is 0 Å². The van der Waals surface area contributed by atoms with Gasteiger partial charge in [0.15, 0.2) is 0 Å². The van der Waals surface area contributed by atoms with Crippen molar-refractivity contribution in [3.05, 3.63) is 30.1 Å². The van der Waals surface area contributed by atoms with Gasteiger partial charge in [-0.1, -0.05) is 6.42 Å². The van der Waals surface area contributed by atoms with E-state index in [1.54, 1.807) is 0 Å². The number of piperazine rings is 1. The SMILES string of the molecule is Cl.Cl.OC(COCC1CC2CCC1C2)CN1CCN(c2ccc(F)cc2)CC1. The standard InChI is InChI=1S/C21H31FN2O2.2ClH/c22-19-3-5-20(6-4-19)24-9-7-23(8-10-24)13-21(25)15-26-14-18-12-16-1-2-17(18)11-16;;/h3-6,16-18,21,25H,1-2,7-15H2;2*1H. The Bertz CT molecular complexity index is 584. The van der Waals surface area contributed by atoms with Crippen LogP contribution in [0, 0.1) is 23.6 Å². The molecule has 1 N–H and O–H groups in total. The number of aliphatic hydroxyl groups is 1. The number of hydrogen-bond acceptors (Lipinski definition) is 4. The average Bonchev–Trinajstić information content (AvgIpc) is 3.26. The Hall–Kier alpha value is -0.590. The molecule has 2 aliphatic carbocycles. The largest absolute Gasteiger partial charge is 0.389 e. The molecule has 4 atom stereocenters. The second kappa shape index (κ2) is 11.0. The lowest BCUT2D eigenvalue weighted by molar-refractivity contribution is -0.00274. The zero-order chi connectivity index (χ0) is 17.9. The van der Waals surface area contributed by atoms with Crippen molar-refractivity contribution in [3.8, 4) is 0 Å². The maximum Gasteiger partial charge on any atom is 0.123 e. The molecule has 1 heterocycles. The molecular formula is C21H33Cl2FN2O2. The van der Waals surface area contributed by atoms with Gasteiger partial charge in [-0.25, -0.2) is 4.39 Å². The van der Waals surface area contributed by atoms with Crippen LogP contribution in [0.5, 0.6) is 0 Å². The van der Waals surface area contributed by atoms with Crippen molar-refractivity contribution in [2.24, 2.45) is 17.8 Å². The molecule has 0 aromatic heterocycles. The van der Waals surface area contributed by atoms with Crippen LogP contribution in [0.4, 0.5) is 10.1 Å². The molecule has 0 amide bonds. The topological polar surface area (TPSA) is 35.9 Å². The van der Waals surface area contributed by atoms with E-state index in [9.17, 15) is 9.50 Å². The molecule has 3 fully saturated rings. The van der Waals surface area contributed by atoms with Gasteiger partial charge in [-0.15, -0.1) is 24.8 Å². The number of aliphatic hydroxyl groups excluding tert-OH is 1. The maximum atomic E-state index is 13.0. The van der Waals surface area contributed by atoms with E-state index in [1.165, 1.54) is 37.8 Å². The minimum Gasteiger partial charge on any atom is -0.389 e. The number of hydrogen-bond donors (Lipinski definition) is 1. The smallest absolute Gasteiger partial charge is 0.123 e. The van der Waals surface area contributed by atoms with Gasteiger partial charge in [-0.05, 0) is 61.3 Å². The van der Waals surface area contributed by atoms with E-state index in [0.29, 0.717) is 13.2 Å². The van der Waals surface area contributed by atoms with Crippen LogP contribution in [-0.4, -0.2) is 62.0 Å². The molecule has 3 aliphatic rings. The molecule has 4 unspecified atom stereocenters. The van der Waals surface area contributed by atoms with Crippen molar-refractivity contribution in [1.82, 2.24) is 4.90 Å². The summed E-state index contributed by atoms with van der Waals surface area (Å²) in [5.41, 5.74) is 1.07. The summed E-state index contributed by atoms with van der Waals surface area (Å²) in [4.78, 5) is 4.57. The summed E-state index contributed by atoms with van der Waals surface area (Å²) in [6, 6.07) is 6.70. The summed E-state index contributed by atoms with van der Waals surface area (Å²) in [5, 5.41) is 10.3. The highest BCUT2D eigenvalue weighted by atomic mass is 35.5. The first-order valence-corrected chi connectivity index (χ1v) is 10.2. The average molecular weight is 435 g/mol. The second-order valence-corrected chi connectivity index (χ2v) is 8.39. The van der Waals surface area contributed by atoms with Crippen LogP contribution >= 0.6 is 24.8 Å². The summed E-state index contributed by atoms with van der Waals surface area (Å²) < 4.78 is 18.9. The van der Waals surface area contributed by atoms with E-state index in [0.717, 1.165) is 56.2 Å². The fourth-order valence-electron chi connectivity index (χ4n) is 5.13. The number of β-amino-alcohol motifs (C(OH)–C–C–N with tert-alkyl or cyclic N) is 1. The molecule has 28 heavy (non-hydrogen) atoms. The Balaban J connectivity index is 0.00000140. The normalized spacial score (nSPS) is 27.9. The fourth-order valence-corrected chi connectivity index (χ4v) is 5.13. The van der Waals surface area contributed by atoms with E-state index < -0.39 is 6.10 Å². The van der Waals surface area contributed by atoms with Gasteiger partial charge in [0, 0.05) is 45.0 Å². The number of anilines is 1. The van der Waals surface area contributed by atoms with E-state index in [1.807, 2.05) is 12.1 Å². The Morgan fingerprint density at radius 1 is 1.04 bits per heavy atom. The quantitative estimate of drug-likeness (QED) is 0.710. The van der Waals surface area contributed by atoms with Gasteiger partial charge < -0.3 is 14.7 Å². The molecule has 0 radical (unpaired) electrons. The minimum absolute atomic E-state index is 0. The number of benzene rings is 1. The van der Waals surface area contributed by atoms with Crippen LogP contribution in [-0.2, 0) is 4.74 Å². The third-order valence-corrected chi connectivity index (χ3v) is 6.56. The summed E-state index contributed by atoms with van der Waals surface area (Å²) in [5.74, 6) is 2.38. The molecule has 0 spiro atoms. The van der Waals surface area contributed by atoms with Gasteiger partial charge in [0.2, 0.25) is 0 Å². The van der Waals surface area contributed by atoms with Crippen molar-refractivity contribution >= 4 is 30.5 Å². The minimum atomic E-state index is -0.411. The van der Waals surface area contributed by atoms with Crippen molar-refractivity contribution in [2.75, 3.05) is 50.8 Å². The van der Waals surface area contributed by atoms with Crippen LogP contribution in [0.2, 0.25) is 0 Å². The van der Waals surface area contributed by atoms with Gasteiger partial charge in [0.05, 0.1) is 12.7 Å². The number of nitrogens with zero attached hydrogens (tertiary/aromatic N) is 2. The Kier molecular flexibility index (Phi) is 9.29. The van der Waals surface area contributed by atoms with Gasteiger partial charge in [-0.2, -0.15) is 0 Å². The van der Waals surface area contributed by atoms with Crippen molar-refractivity contribution in [3.63, 3.8) is 0 Å². The predicted molar refractivity (Wildman–Crippen MR) is 115 cm³/mol. The highest BCUT2D eigenvalue weighted by molar-refractivity contribution is 5.85. The predicted octanol–water partition coefficient (Wildman–Crippen LogP) is 3.61. The number of rotatable bonds is 7. The van der Waals surface area contributed by atoms with Crippen LogP contribution in [0.3, 0.4) is 0 Å². The molecule has 160 valence electrons. The Morgan fingerprint density at radius 3 is 2.36 bits per heavy atom. The molecule has 1 aromatic rings. The lowest BCUT2D eigenvalue weighted by atomic mass is 9.90. The summed E-state index contributed by atoms with van der Waals surface area (Å²) >= 11 is 0. The van der Waals surface area contributed by atoms with Crippen molar-refractivity contribution in [2.45, 2.75) is 31.8 Å². The lowest BCUT2D eigenvalue weighted by Gasteiger charge is -2.37. The van der Waals surface area contributed by atoms with Gasteiger partial charge in [0.1, 0.15) is 5.82 Å².